The summed E-state index contributed by atoms with van der Waals surface area (Å²) >= 11 is 0. The number of halogens is 3. The lowest BCUT2D eigenvalue weighted by molar-refractivity contribution is -0.137. The number of benzene rings is 1. The maximum Gasteiger partial charge on any atom is 0.416 e. The minimum absolute atomic E-state index is 0.0341. The molecule has 0 bridgehead atoms. The Hall–Kier alpha value is -2.88. The molecular weight excluding hydrogens is 339 g/mol. The number of aromatic nitrogens is 4. The summed E-state index contributed by atoms with van der Waals surface area (Å²) in [6, 6.07) is 4.49. The van der Waals surface area contributed by atoms with Gasteiger partial charge in [-0.2, -0.15) is 13.2 Å². The lowest BCUT2D eigenvalue weighted by Crippen LogP contribution is -2.26. The Kier molecular flexibility index (Phi) is 4.70. The molecule has 0 fully saturated rings. The normalized spacial score (nSPS) is 13.0. The molecule has 0 saturated carbocycles. The van der Waals surface area contributed by atoms with Crippen molar-refractivity contribution in [3.8, 4) is 5.75 Å². The van der Waals surface area contributed by atoms with Crippen molar-refractivity contribution >= 4 is 17.0 Å². The van der Waals surface area contributed by atoms with Gasteiger partial charge in [0.1, 0.15) is 30.3 Å². The zero-order valence-electron chi connectivity index (χ0n) is 12.8. The molecule has 10 heteroatoms. The topological polar surface area (TPSA) is 96.0 Å². The van der Waals surface area contributed by atoms with E-state index in [0.717, 1.165) is 12.1 Å². The van der Waals surface area contributed by atoms with Crippen molar-refractivity contribution in [3.05, 3.63) is 42.5 Å². The number of imidazole rings is 1. The molecule has 0 aliphatic carbocycles. The van der Waals surface area contributed by atoms with Crippen LogP contribution >= 0.6 is 0 Å². The van der Waals surface area contributed by atoms with Gasteiger partial charge in [-0.25, -0.2) is 15.0 Å². The summed E-state index contributed by atoms with van der Waals surface area (Å²) < 4.78 is 43.1. The maximum absolute atomic E-state index is 12.6. The van der Waals surface area contributed by atoms with Crippen LogP contribution in [0.1, 0.15) is 5.56 Å². The SMILES string of the molecule is O[C@@H](CNc1ncnc2nc[nH]c12)COc1cccc(C(F)(F)F)c1. The standard InChI is InChI=1S/C15H14F3N5O2/c16-15(17,18)9-2-1-3-11(4-9)25-6-10(24)5-19-13-12-14(21-7-20-12)23-8-22-13/h1-4,7-8,10,24H,5-6H2,(H2,19,20,21,22,23)/t10-/m0/s1. The van der Waals surface area contributed by atoms with Crippen LogP contribution in [0.5, 0.6) is 5.75 Å². The summed E-state index contributed by atoms with van der Waals surface area (Å²) in [5.74, 6) is 0.493. The second-order valence-electron chi connectivity index (χ2n) is 5.19. The van der Waals surface area contributed by atoms with Gasteiger partial charge in [-0.3, -0.25) is 0 Å². The van der Waals surface area contributed by atoms with Crippen LogP contribution in [-0.4, -0.2) is 44.3 Å². The monoisotopic (exact) mass is 353 g/mol. The first kappa shape index (κ1) is 17.0. The van der Waals surface area contributed by atoms with Crippen molar-refractivity contribution in [2.45, 2.75) is 12.3 Å². The number of H-pyrrole nitrogens is 1. The third-order valence-corrected chi connectivity index (χ3v) is 3.33. The number of aliphatic hydroxyl groups is 1. The van der Waals surface area contributed by atoms with Gasteiger partial charge in [-0.1, -0.05) is 6.07 Å². The van der Waals surface area contributed by atoms with Crippen LogP contribution in [0.4, 0.5) is 19.0 Å². The average Bonchev–Trinajstić information content (AvgIpc) is 3.07. The van der Waals surface area contributed by atoms with Gasteiger partial charge in [0.05, 0.1) is 11.9 Å². The molecule has 0 unspecified atom stereocenters. The number of rotatable bonds is 6. The van der Waals surface area contributed by atoms with E-state index in [0.29, 0.717) is 17.0 Å². The van der Waals surface area contributed by atoms with Crippen molar-refractivity contribution in [2.24, 2.45) is 0 Å². The van der Waals surface area contributed by atoms with Crippen molar-refractivity contribution in [1.82, 2.24) is 19.9 Å². The Labute approximate surface area is 139 Å². The summed E-state index contributed by atoms with van der Waals surface area (Å²) in [7, 11) is 0. The Morgan fingerprint density at radius 2 is 2.08 bits per heavy atom. The third kappa shape index (κ3) is 4.15. The molecule has 132 valence electrons. The first-order valence-electron chi connectivity index (χ1n) is 7.29. The van der Waals surface area contributed by atoms with E-state index >= 15 is 0 Å². The van der Waals surface area contributed by atoms with Gasteiger partial charge in [-0.15, -0.1) is 0 Å². The highest BCUT2D eigenvalue weighted by Gasteiger charge is 2.30. The van der Waals surface area contributed by atoms with Gasteiger partial charge in [0.15, 0.2) is 11.5 Å². The minimum atomic E-state index is -4.44. The largest absolute Gasteiger partial charge is 0.491 e. The molecule has 2 aromatic heterocycles. The molecule has 3 N–H and O–H groups in total. The second-order valence-corrected chi connectivity index (χ2v) is 5.19. The highest BCUT2D eigenvalue weighted by Crippen LogP contribution is 2.31. The summed E-state index contributed by atoms with van der Waals surface area (Å²) in [6.45, 7) is -0.0877. The van der Waals surface area contributed by atoms with Gasteiger partial charge in [0.25, 0.3) is 0 Å². The zero-order chi connectivity index (χ0) is 17.9. The van der Waals surface area contributed by atoms with E-state index in [-0.39, 0.29) is 18.9 Å². The van der Waals surface area contributed by atoms with Crippen molar-refractivity contribution in [1.29, 1.82) is 0 Å². The predicted molar refractivity (Wildman–Crippen MR) is 83.1 cm³/mol. The lowest BCUT2D eigenvalue weighted by atomic mass is 10.2. The van der Waals surface area contributed by atoms with E-state index < -0.39 is 17.8 Å². The van der Waals surface area contributed by atoms with E-state index in [4.69, 9.17) is 4.74 Å². The van der Waals surface area contributed by atoms with Crippen LogP contribution in [0.3, 0.4) is 0 Å². The molecule has 2 heterocycles. The average molecular weight is 353 g/mol. The number of aromatic amines is 1. The van der Waals surface area contributed by atoms with Crippen LogP contribution in [-0.2, 0) is 6.18 Å². The van der Waals surface area contributed by atoms with Gasteiger partial charge in [0.2, 0.25) is 0 Å². The quantitative estimate of drug-likeness (QED) is 0.629. The zero-order valence-corrected chi connectivity index (χ0v) is 12.8. The first-order chi connectivity index (χ1) is 11.9. The van der Waals surface area contributed by atoms with Crippen molar-refractivity contribution in [2.75, 3.05) is 18.5 Å². The van der Waals surface area contributed by atoms with Gasteiger partial charge in [-0.05, 0) is 18.2 Å². The number of nitrogens with one attached hydrogen (secondary N) is 2. The van der Waals surface area contributed by atoms with Crippen LogP contribution in [0, 0.1) is 0 Å². The molecule has 7 nitrogen and oxygen atoms in total. The number of aliphatic hydroxyl groups excluding tert-OH is 1. The molecule has 3 rings (SSSR count). The fraction of sp³-hybridized carbons (Fsp3) is 0.267. The van der Waals surface area contributed by atoms with E-state index in [9.17, 15) is 18.3 Å². The van der Waals surface area contributed by atoms with Crippen LogP contribution in [0.2, 0.25) is 0 Å². The van der Waals surface area contributed by atoms with E-state index in [1.54, 1.807) is 0 Å². The summed E-state index contributed by atoms with van der Waals surface area (Å²) in [4.78, 5) is 14.9. The predicted octanol–water partition coefficient (Wildman–Crippen LogP) is 2.22. The molecule has 0 amide bonds. The highest BCUT2D eigenvalue weighted by molar-refractivity contribution is 5.81. The number of alkyl halides is 3. The number of hydrogen-bond acceptors (Lipinski definition) is 6. The third-order valence-electron chi connectivity index (χ3n) is 3.33. The number of ether oxygens (including phenoxy) is 1. The minimum Gasteiger partial charge on any atom is -0.491 e. The fourth-order valence-electron chi connectivity index (χ4n) is 2.13. The molecule has 3 aromatic rings. The molecule has 0 aliphatic heterocycles. The van der Waals surface area contributed by atoms with Crippen LogP contribution in [0.15, 0.2) is 36.9 Å². The Morgan fingerprint density at radius 1 is 1.24 bits per heavy atom. The molecule has 25 heavy (non-hydrogen) atoms. The van der Waals surface area contributed by atoms with Crippen molar-refractivity contribution < 1.29 is 23.0 Å². The number of hydrogen-bond donors (Lipinski definition) is 3. The number of fused-ring (bicyclic) bond motifs is 1. The molecule has 0 radical (unpaired) electrons. The molecular formula is C15H14F3N5O2. The fourth-order valence-corrected chi connectivity index (χ4v) is 2.13. The van der Waals surface area contributed by atoms with Gasteiger partial charge in [0, 0.05) is 6.54 Å². The second kappa shape index (κ2) is 6.93. The van der Waals surface area contributed by atoms with Gasteiger partial charge < -0.3 is 20.1 Å². The number of nitrogens with zero attached hydrogens (tertiary/aromatic N) is 3. The van der Waals surface area contributed by atoms with E-state index in [2.05, 4.69) is 25.3 Å². The first-order valence-corrected chi connectivity index (χ1v) is 7.29. The van der Waals surface area contributed by atoms with Crippen molar-refractivity contribution in [3.63, 3.8) is 0 Å². The summed E-state index contributed by atoms with van der Waals surface area (Å²) in [5.41, 5.74) is 0.265. The molecule has 1 aromatic carbocycles. The number of anilines is 1. The molecule has 0 aliphatic rings. The molecule has 0 saturated heterocycles. The Bertz CT molecular complexity index is 852. The summed E-state index contributed by atoms with van der Waals surface area (Å²) in [6.07, 6.45) is -2.60. The molecule has 0 spiro atoms. The van der Waals surface area contributed by atoms with E-state index in [1.165, 1.54) is 24.8 Å². The molecule has 1 atom stereocenters. The van der Waals surface area contributed by atoms with Gasteiger partial charge >= 0.3 is 6.18 Å². The highest BCUT2D eigenvalue weighted by atomic mass is 19.4. The van der Waals surface area contributed by atoms with E-state index in [1.807, 2.05) is 0 Å². The lowest BCUT2D eigenvalue weighted by Gasteiger charge is -2.14. The van der Waals surface area contributed by atoms with Crippen LogP contribution in [0.25, 0.3) is 11.2 Å². The summed E-state index contributed by atoms with van der Waals surface area (Å²) in [5, 5.41) is 12.9. The maximum atomic E-state index is 12.6. The smallest absolute Gasteiger partial charge is 0.416 e. The Morgan fingerprint density at radius 3 is 2.88 bits per heavy atom. The van der Waals surface area contributed by atoms with Crippen LogP contribution < -0.4 is 10.1 Å². The Balaban J connectivity index is 1.55.